The molecule has 0 saturated carbocycles. The zero-order valence-corrected chi connectivity index (χ0v) is 4.96. The van der Waals surface area contributed by atoms with Crippen LogP contribution in [0.2, 0.25) is 0 Å². The molecule has 0 aromatic heterocycles. The fourth-order valence-corrected chi connectivity index (χ4v) is 0. The Morgan fingerprint density at radius 3 is 1.25 bits per heavy atom. The van der Waals surface area contributed by atoms with Crippen molar-refractivity contribution < 1.29 is 4.21 Å². The third-order valence-corrected chi connectivity index (χ3v) is 0. The number of hydrogen-bond donors (Lipinski definition) is 0. The fourth-order valence-electron chi connectivity index (χ4n) is 0. The first kappa shape index (κ1) is 19.1. The van der Waals surface area contributed by atoms with Crippen molar-refractivity contribution in [1.29, 1.82) is 0 Å². The van der Waals surface area contributed by atoms with Crippen LogP contribution in [0.4, 0.5) is 0 Å². The van der Waals surface area contributed by atoms with Gasteiger partial charge in [0.15, 0.2) is 12.5 Å². The smallest absolute Gasteiger partial charge is 0.197 e. The topological polar surface area (TPSA) is 17.1 Å². The maximum atomic E-state index is 7.83. The second-order valence-electron chi connectivity index (χ2n) is 0. The van der Waals surface area contributed by atoms with Gasteiger partial charge in [-0.15, -0.1) is 0 Å². The van der Waals surface area contributed by atoms with E-state index in [0.29, 0.717) is 0 Å². The molecule has 0 aromatic carbocycles. The molecule has 4 heavy (non-hydrogen) atoms. The predicted molar refractivity (Wildman–Crippen MR) is 19.7 cm³/mol. The van der Waals surface area contributed by atoms with Crippen molar-refractivity contribution in [2.24, 2.45) is 0 Å². The molecule has 18 valence electrons. The van der Waals surface area contributed by atoms with E-state index in [1.807, 2.05) is 0 Å². The van der Waals surface area contributed by atoms with E-state index in [4.69, 9.17) is 4.21 Å². The quantitative estimate of drug-likeness (QED) is 0.387. The molecule has 0 aliphatic heterocycles. The van der Waals surface area contributed by atoms with E-state index in [-0.39, 0.29) is 36.8 Å². The average molecular weight is 130 g/mol. The van der Waals surface area contributed by atoms with Gasteiger partial charge < -0.3 is 0 Å². The van der Waals surface area contributed by atoms with Crippen molar-refractivity contribution in [3.05, 3.63) is 0 Å². The monoisotopic (exact) mass is 130 g/mol. The molecular weight excluding hydrogens is 130 g/mol. The molecule has 0 aromatic rings. The number of rotatable bonds is 0. The molecule has 0 aliphatic carbocycles. The van der Waals surface area contributed by atoms with Crippen LogP contribution in [0.25, 0.3) is 0 Å². The summed E-state index contributed by atoms with van der Waals surface area (Å²) in [5.41, 5.74) is 0. The molecule has 0 amide bonds. The van der Waals surface area contributed by atoms with E-state index in [9.17, 15) is 0 Å². The van der Waals surface area contributed by atoms with Gasteiger partial charge in [0.05, 0.1) is 0 Å². The maximum absolute atomic E-state index is 7.83. The fraction of sp³-hybridized carbons (Fsp3) is 0. The van der Waals surface area contributed by atoms with Gasteiger partial charge in [-0.2, -0.15) is 4.21 Å². The van der Waals surface area contributed by atoms with Crippen LogP contribution in [0.3, 0.4) is 0 Å². The zero-order valence-electron chi connectivity index (χ0n) is 2.26. The summed E-state index contributed by atoms with van der Waals surface area (Å²) in [7, 11) is 0. The van der Waals surface area contributed by atoms with E-state index in [2.05, 4.69) is 12.5 Å². The average Bonchev–Trinajstić information content (AvgIpc) is 1.00. The summed E-state index contributed by atoms with van der Waals surface area (Å²) < 4.78 is 7.83. The molecule has 0 fully saturated rings. The summed E-state index contributed by atoms with van der Waals surface area (Å²) in [4.78, 5) is 0. The summed E-state index contributed by atoms with van der Waals surface area (Å²) in [6, 6.07) is 0. The van der Waals surface area contributed by atoms with Gasteiger partial charge in [-0.3, -0.25) is 0 Å². The number of hydrogen-bond acceptors (Lipinski definition) is 2. The van der Waals surface area contributed by atoms with E-state index < -0.39 is 0 Å². The molecule has 0 spiro atoms. The predicted octanol–water partition coefficient (Wildman–Crippen LogP) is -1.10. The van der Waals surface area contributed by atoms with Gasteiger partial charge in [0, 0.05) is 36.8 Å². The molecule has 0 saturated heterocycles. The Balaban J connectivity index is -0.00000000500. The van der Waals surface area contributed by atoms with Crippen LogP contribution in [-0.2, 0) is 12.5 Å². The first-order valence-corrected chi connectivity index (χ1v) is 0.500. The van der Waals surface area contributed by atoms with Gasteiger partial charge in [-0.05, 0) is 0 Å². The van der Waals surface area contributed by atoms with E-state index in [1.165, 1.54) is 0 Å². The zero-order chi connectivity index (χ0) is 2.00. The van der Waals surface area contributed by atoms with Crippen molar-refractivity contribution in [3.8, 4) is 0 Å². The van der Waals surface area contributed by atoms with E-state index >= 15 is 0 Å². The Hall–Kier alpha value is 1.18. The molecule has 0 aliphatic rings. The van der Waals surface area contributed by atoms with Gasteiger partial charge in [-0.1, -0.05) is 0 Å². The van der Waals surface area contributed by atoms with Crippen molar-refractivity contribution in [2.45, 2.75) is 0 Å². The molecule has 0 unspecified atom stereocenters. The first-order chi connectivity index (χ1) is 1.00. The van der Waals surface area contributed by atoms with E-state index in [0.717, 1.165) is 0 Å². The molecule has 0 heterocycles. The third kappa shape index (κ3) is 10.9. The van der Waals surface area contributed by atoms with Crippen LogP contribution in [0, 0.1) is 0 Å². The van der Waals surface area contributed by atoms with Gasteiger partial charge in [0.1, 0.15) is 0 Å². The van der Waals surface area contributed by atoms with Gasteiger partial charge in [-0.25, -0.2) is 0 Å². The second kappa shape index (κ2) is 30.5. The Bertz CT molecular complexity index is 8.00. The molecule has 0 rings (SSSR count). The van der Waals surface area contributed by atoms with Crippen molar-refractivity contribution in [1.82, 2.24) is 0 Å². The first-order valence-electron chi connectivity index (χ1n) is 0.167. The van der Waals surface area contributed by atoms with Crippen LogP contribution < -0.4 is 0 Å². The molecule has 0 N–H and O–H groups in total. The summed E-state index contributed by atoms with van der Waals surface area (Å²) in [6.07, 6.45) is 0. The van der Waals surface area contributed by atoms with Gasteiger partial charge >= 0.3 is 0 Å². The minimum Gasteiger partial charge on any atom is -0.197 e. The minimum absolute atomic E-state index is 0. The molecule has 0 atom stereocenters. The summed E-state index contributed by atoms with van der Waals surface area (Å²) >= 11 is 2.83. The Morgan fingerprint density at radius 1 is 1.25 bits per heavy atom. The van der Waals surface area contributed by atoms with Crippen LogP contribution >= 0.6 is 0 Å². The van der Waals surface area contributed by atoms with Crippen molar-refractivity contribution >= 4 is 49.3 Å². The molecular formula is AsLiOS. The Kier molecular flexibility index (Phi) is 145. The maximum Gasteiger partial charge on any atom is 0.197 e. The summed E-state index contributed by atoms with van der Waals surface area (Å²) in [6.45, 7) is 0. The largest absolute Gasteiger partial charge is 0.197 e. The normalized spacial score (nSPS) is 1.00. The third-order valence-electron chi connectivity index (χ3n) is 0. The van der Waals surface area contributed by atoms with Crippen molar-refractivity contribution in [2.75, 3.05) is 0 Å². The summed E-state index contributed by atoms with van der Waals surface area (Å²) in [5, 5.41) is 0. The van der Waals surface area contributed by atoms with E-state index in [1.54, 1.807) is 0 Å². The Morgan fingerprint density at radius 2 is 1.25 bits per heavy atom. The van der Waals surface area contributed by atoms with Gasteiger partial charge in [0.25, 0.3) is 0 Å². The molecule has 4 heteroatoms. The molecule has 4 radical (unpaired) electrons. The molecule has 0 bridgehead atoms. The minimum atomic E-state index is 0. The van der Waals surface area contributed by atoms with Crippen LogP contribution in [0.1, 0.15) is 0 Å². The van der Waals surface area contributed by atoms with Gasteiger partial charge in [0.2, 0.25) is 0 Å². The summed E-state index contributed by atoms with van der Waals surface area (Å²) in [5.74, 6) is 0. The standard InChI is InChI=1S/As.Li.OS/c;;1-2. The Labute approximate surface area is 53.5 Å². The van der Waals surface area contributed by atoms with Crippen LogP contribution in [0.5, 0.6) is 0 Å². The van der Waals surface area contributed by atoms with Crippen molar-refractivity contribution in [3.63, 3.8) is 0 Å². The SMILES string of the molecule is O=S.[As].[Li]. The second-order valence-corrected chi connectivity index (χ2v) is 0. The molecule has 1 nitrogen and oxygen atoms in total. The van der Waals surface area contributed by atoms with Crippen LogP contribution in [0.15, 0.2) is 0 Å². The van der Waals surface area contributed by atoms with Crippen LogP contribution in [-0.4, -0.2) is 41.0 Å².